The van der Waals surface area contributed by atoms with Gasteiger partial charge < -0.3 is 0 Å². The van der Waals surface area contributed by atoms with Crippen molar-refractivity contribution < 1.29 is 8.78 Å². The lowest BCUT2D eigenvalue weighted by atomic mass is 10.0. The van der Waals surface area contributed by atoms with E-state index < -0.39 is 11.6 Å². The standard InChI is InChI=1S/C31H30F2/c1-3-5-7-9-25-12-14-26(15-13-25)18-19-28-22-30(32)29(31(33)23-28)21-20-27-16-10-24(11-17-27)8-6-4-2/h10-17,22-23H,3-9H2,1-2H3. The van der Waals surface area contributed by atoms with Gasteiger partial charge in [-0.05, 0) is 73.2 Å². The van der Waals surface area contributed by atoms with Crippen LogP contribution in [0.15, 0.2) is 60.7 Å². The minimum Gasteiger partial charge on any atom is -0.205 e. The van der Waals surface area contributed by atoms with Gasteiger partial charge in [0.25, 0.3) is 0 Å². The van der Waals surface area contributed by atoms with Crippen molar-refractivity contribution in [1.82, 2.24) is 0 Å². The van der Waals surface area contributed by atoms with Crippen LogP contribution in [0, 0.1) is 35.3 Å². The van der Waals surface area contributed by atoms with Gasteiger partial charge in [-0.15, -0.1) is 0 Å². The van der Waals surface area contributed by atoms with Gasteiger partial charge in [0.05, 0.1) is 5.56 Å². The highest BCUT2D eigenvalue weighted by Gasteiger charge is 2.08. The predicted molar refractivity (Wildman–Crippen MR) is 133 cm³/mol. The Kier molecular flexibility index (Phi) is 9.29. The molecule has 0 aliphatic heterocycles. The Hall–Kier alpha value is -3.36. The van der Waals surface area contributed by atoms with E-state index in [-0.39, 0.29) is 5.56 Å². The fraction of sp³-hybridized carbons (Fsp3) is 0.290. The molecule has 0 saturated heterocycles. The Morgan fingerprint density at radius 3 is 1.52 bits per heavy atom. The SMILES string of the molecule is CCCCCc1ccc(C#Cc2cc(F)c(C#Cc3ccc(CCCC)cc3)c(F)c2)cc1. The minimum absolute atomic E-state index is 0.230. The fourth-order valence-electron chi connectivity index (χ4n) is 3.51. The first-order chi connectivity index (χ1) is 16.1. The first kappa shape index (κ1) is 24.3. The summed E-state index contributed by atoms with van der Waals surface area (Å²) in [5, 5.41) is 0. The molecular weight excluding hydrogens is 410 g/mol. The number of rotatable bonds is 7. The van der Waals surface area contributed by atoms with Crippen LogP contribution in [0.5, 0.6) is 0 Å². The van der Waals surface area contributed by atoms with Crippen molar-refractivity contribution in [1.29, 1.82) is 0 Å². The summed E-state index contributed by atoms with van der Waals surface area (Å²) < 4.78 is 29.1. The Bertz CT molecular complexity index is 1140. The van der Waals surface area contributed by atoms with Crippen molar-refractivity contribution in [2.75, 3.05) is 0 Å². The summed E-state index contributed by atoms with van der Waals surface area (Å²) in [4.78, 5) is 0. The summed E-state index contributed by atoms with van der Waals surface area (Å²) in [6, 6.07) is 18.3. The van der Waals surface area contributed by atoms with Gasteiger partial charge in [0.1, 0.15) is 11.6 Å². The predicted octanol–water partition coefficient (Wildman–Crippen LogP) is 7.84. The Labute approximate surface area is 197 Å². The van der Waals surface area contributed by atoms with Gasteiger partial charge >= 0.3 is 0 Å². The lowest BCUT2D eigenvalue weighted by Crippen LogP contribution is -1.93. The molecule has 2 heteroatoms. The topological polar surface area (TPSA) is 0 Å². The third kappa shape index (κ3) is 7.62. The summed E-state index contributed by atoms with van der Waals surface area (Å²) in [5.41, 5.74) is 4.14. The van der Waals surface area contributed by atoms with Gasteiger partial charge in [0.15, 0.2) is 0 Å². The zero-order valence-electron chi connectivity index (χ0n) is 19.5. The molecule has 0 aliphatic carbocycles. The third-order valence-electron chi connectivity index (χ3n) is 5.52. The zero-order chi connectivity index (χ0) is 23.5. The van der Waals surface area contributed by atoms with Crippen LogP contribution in [0.1, 0.15) is 79.3 Å². The van der Waals surface area contributed by atoms with E-state index in [9.17, 15) is 8.78 Å². The molecule has 0 aliphatic rings. The third-order valence-corrected chi connectivity index (χ3v) is 5.52. The maximum absolute atomic E-state index is 14.5. The molecule has 33 heavy (non-hydrogen) atoms. The van der Waals surface area contributed by atoms with E-state index in [0.717, 1.165) is 36.8 Å². The summed E-state index contributed by atoms with van der Waals surface area (Å²) >= 11 is 0. The van der Waals surface area contributed by atoms with Gasteiger partial charge in [-0.1, -0.05) is 81.1 Å². The van der Waals surface area contributed by atoms with Crippen molar-refractivity contribution in [2.24, 2.45) is 0 Å². The summed E-state index contributed by atoms with van der Waals surface area (Å²) in [7, 11) is 0. The summed E-state index contributed by atoms with van der Waals surface area (Å²) in [6.07, 6.45) is 7.98. The minimum atomic E-state index is -0.697. The largest absolute Gasteiger partial charge is 0.205 e. The Morgan fingerprint density at radius 2 is 1.00 bits per heavy atom. The van der Waals surface area contributed by atoms with Crippen LogP contribution in [0.3, 0.4) is 0 Å². The van der Waals surface area contributed by atoms with E-state index >= 15 is 0 Å². The van der Waals surface area contributed by atoms with E-state index in [4.69, 9.17) is 0 Å². The highest BCUT2D eigenvalue weighted by Crippen LogP contribution is 2.15. The molecule has 0 spiro atoms. The molecule has 0 unspecified atom stereocenters. The van der Waals surface area contributed by atoms with Gasteiger partial charge in [0.2, 0.25) is 0 Å². The van der Waals surface area contributed by atoms with Crippen molar-refractivity contribution in [2.45, 2.75) is 58.8 Å². The number of hydrogen-bond donors (Lipinski definition) is 0. The van der Waals surface area contributed by atoms with Crippen LogP contribution >= 0.6 is 0 Å². The van der Waals surface area contributed by atoms with Gasteiger partial charge in [0, 0.05) is 16.7 Å². The van der Waals surface area contributed by atoms with Crippen LogP contribution in [-0.4, -0.2) is 0 Å². The molecule has 168 valence electrons. The van der Waals surface area contributed by atoms with E-state index in [0.29, 0.717) is 5.56 Å². The number of hydrogen-bond acceptors (Lipinski definition) is 0. The van der Waals surface area contributed by atoms with Crippen molar-refractivity contribution >= 4 is 0 Å². The molecular formula is C31H30F2. The smallest absolute Gasteiger partial charge is 0.143 e. The van der Waals surface area contributed by atoms with Gasteiger partial charge in [-0.3, -0.25) is 0 Å². The van der Waals surface area contributed by atoms with Crippen LogP contribution in [-0.2, 0) is 12.8 Å². The molecule has 0 amide bonds. The average molecular weight is 441 g/mol. The second kappa shape index (κ2) is 12.6. The molecule has 3 rings (SSSR count). The van der Waals surface area contributed by atoms with Crippen LogP contribution in [0.2, 0.25) is 0 Å². The fourth-order valence-corrected chi connectivity index (χ4v) is 3.51. The molecule has 0 heterocycles. The maximum atomic E-state index is 14.5. The summed E-state index contributed by atoms with van der Waals surface area (Å²) in [6.45, 7) is 4.35. The van der Waals surface area contributed by atoms with E-state index in [1.165, 1.54) is 42.5 Å². The number of aryl methyl sites for hydroxylation is 2. The van der Waals surface area contributed by atoms with E-state index in [2.05, 4.69) is 49.7 Å². The molecule has 0 nitrogen and oxygen atoms in total. The first-order valence-corrected chi connectivity index (χ1v) is 11.8. The molecule has 3 aromatic carbocycles. The maximum Gasteiger partial charge on any atom is 0.143 e. The molecule has 0 aromatic heterocycles. The second-order valence-corrected chi connectivity index (χ2v) is 8.27. The van der Waals surface area contributed by atoms with Crippen molar-refractivity contribution in [3.63, 3.8) is 0 Å². The number of benzene rings is 3. The Morgan fingerprint density at radius 1 is 0.545 bits per heavy atom. The lowest BCUT2D eigenvalue weighted by molar-refractivity contribution is 0.577. The molecule has 3 aromatic rings. The van der Waals surface area contributed by atoms with Gasteiger partial charge in [-0.2, -0.15) is 0 Å². The lowest BCUT2D eigenvalue weighted by Gasteiger charge is -2.01. The molecule has 0 atom stereocenters. The van der Waals surface area contributed by atoms with Crippen molar-refractivity contribution in [3.8, 4) is 23.7 Å². The van der Waals surface area contributed by atoms with E-state index in [1.807, 2.05) is 36.4 Å². The van der Waals surface area contributed by atoms with Crippen molar-refractivity contribution in [3.05, 3.63) is 106 Å². The number of unbranched alkanes of at least 4 members (excludes halogenated alkanes) is 3. The normalized spacial score (nSPS) is 10.2. The van der Waals surface area contributed by atoms with E-state index in [1.54, 1.807) is 0 Å². The van der Waals surface area contributed by atoms with Gasteiger partial charge in [-0.25, -0.2) is 8.78 Å². The monoisotopic (exact) mass is 440 g/mol. The molecule has 0 fully saturated rings. The summed E-state index contributed by atoms with van der Waals surface area (Å²) in [5.74, 6) is 9.96. The highest BCUT2D eigenvalue weighted by molar-refractivity contribution is 5.49. The number of halogens is 2. The quantitative estimate of drug-likeness (QED) is 0.259. The van der Waals surface area contributed by atoms with Crippen LogP contribution < -0.4 is 0 Å². The highest BCUT2D eigenvalue weighted by atomic mass is 19.1. The Balaban J connectivity index is 1.69. The average Bonchev–Trinajstić information content (AvgIpc) is 2.82. The molecule has 0 saturated carbocycles. The molecule has 0 bridgehead atoms. The molecule has 0 radical (unpaired) electrons. The molecule has 0 N–H and O–H groups in total. The second-order valence-electron chi connectivity index (χ2n) is 8.27. The first-order valence-electron chi connectivity index (χ1n) is 11.8. The zero-order valence-corrected chi connectivity index (χ0v) is 19.5. The van der Waals surface area contributed by atoms with Crippen LogP contribution in [0.4, 0.5) is 8.78 Å². The van der Waals surface area contributed by atoms with Crippen LogP contribution in [0.25, 0.3) is 0 Å².